The molecule has 4 nitrogen and oxygen atoms in total. The second kappa shape index (κ2) is 8.98. The van der Waals surface area contributed by atoms with E-state index in [-0.39, 0.29) is 11.1 Å². The van der Waals surface area contributed by atoms with Crippen molar-refractivity contribution in [3.05, 3.63) is 99.2 Å². The highest BCUT2D eigenvalue weighted by atomic mass is 32.2. The summed E-state index contributed by atoms with van der Waals surface area (Å²) in [4.78, 5) is 27.3. The van der Waals surface area contributed by atoms with Crippen LogP contribution in [0.1, 0.15) is 33.6 Å². The second-order valence-electron chi connectivity index (χ2n) is 7.97. The maximum absolute atomic E-state index is 12.9. The normalized spacial score (nSPS) is 15.3. The van der Waals surface area contributed by atoms with E-state index in [0.717, 1.165) is 52.8 Å². The van der Waals surface area contributed by atoms with E-state index in [1.807, 2.05) is 43.3 Å². The van der Waals surface area contributed by atoms with Crippen LogP contribution in [0, 0.1) is 20.8 Å². The van der Waals surface area contributed by atoms with E-state index >= 15 is 0 Å². The Hall–Kier alpha value is -3.05. The Balaban J connectivity index is 1.52. The van der Waals surface area contributed by atoms with Crippen LogP contribution in [0.2, 0.25) is 0 Å². The Labute approximate surface area is 187 Å². The molecule has 5 heteroatoms. The SMILES string of the molecule is Cc1cccc(CN2C(=O)S/C(=C\c3cc(C)n(CCc4ccccc4)c3C)C2=O)c1. The van der Waals surface area contributed by atoms with Crippen LogP contribution >= 0.6 is 11.8 Å². The van der Waals surface area contributed by atoms with Crippen molar-refractivity contribution >= 4 is 29.0 Å². The van der Waals surface area contributed by atoms with Gasteiger partial charge in [0.1, 0.15) is 0 Å². The first kappa shape index (κ1) is 21.2. The molecule has 1 saturated heterocycles. The Morgan fingerprint density at radius 2 is 1.65 bits per heavy atom. The van der Waals surface area contributed by atoms with Crippen LogP contribution < -0.4 is 0 Å². The zero-order valence-electron chi connectivity index (χ0n) is 18.1. The largest absolute Gasteiger partial charge is 0.348 e. The number of hydrogen-bond donors (Lipinski definition) is 0. The number of rotatable bonds is 6. The van der Waals surface area contributed by atoms with Gasteiger partial charge in [0.15, 0.2) is 0 Å². The lowest BCUT2D eigenvalue weighted by molar-refractivity contribution is -0.123. The van der Waals surface area contributed by atoms with Gasteiger partial charge in [-0.2, -0.15) is 0 Å². The van der Waals surface area contributed by atoms with Gasteiger partial charge < -0.3 is 4.57 Å². The van der Waals surface area contributed by atoms with Crippen LogP contribution in [0.15, 0.2) is 65.6 Å². The molecule has 0 atom stereocenters. The van der Waals surface area contributed by atoms with Crippen molar-refractivity contribution in [1.82, 2.24) is 9.47 Å². The maximum Gasteiger partial charge on any atom is 0.293 e. The van der Waals surface area contributed by atoms with Crippen LogP contribution in [0.5, 0.6) is 0 Å². The fourth-order valence-corrected chi connectivity index (χ4v) is 4.80. The maximum atomic E-state index is 12.9. The summed E-state index contributed by atoms with van der Waals surface area (Å²) >= 11 is 1.02. The third kappa shape index (κ3) is 4.67. The van der Waals surface area contributed by atoms with E-state index in [9.17, 15) is 9.59 Å². The van der Waals surface area contributed by atoms with Gasteiger partial charge in [-0.1, -0.05) is 60.2 Å². The fraction of sp³-hybridized carbons (Fsp3) is 0.231. The van der Waals surface area contributed by atoms with Gasteiger partial charge in [0.2, 0.25) is 0 Å². The van der Waals surface area contributed by atoms with E-state index in [2.05, 4.69) is 48.7 Å². The lowest BCUT2D eigenvalue weighted by Gasteiger charge is -2.12. The van der Waals surface area contributed by atoms with Crippen molar-refractivity contribution in [2.75, 3.05) is 0 Å². The summed E-state index contributed by atoms with van der Waals surface area (Å²) in [6.07, 6.45) is 2.81. The zero-order chi connectivity index (χ0) is 22.0. The highest BCUT2D eigenvalue weighted by Gasteiger charge is 2.35. The summed E-state index contributed by atoms with van der Waals surface area (Å²) in [5.41, 5.74) is 6.63. The highest BCUT2D eigenvalue weighted by Crippen LogP contribution is 2.34. The van der Waals surface area contributed by atoms with Crippen molar-refractivity contribution in [3.63, 3.8) is 0 Å². The number of carbonyl (C=O) groups excluding carboxylic acids is 2. The Kier molecular flexibility index (Phi) is 6.14. The molecule has 2 aromatic carbocycles. The fourth-order valence-electron chi connectivity index (χ4n) is 3.97. The molecule has 4 rings (SSSR count). The molecule has 0 saturated carbocycles. The minimum atomic E-state index is -0.217. The summed E-state index contributed by atoms with van der Waals surface area (Å²) in [6.45, 7) is 7.34. The lowest BCUT2D eigenvalue weighted by Crippen LogP contribution is -2.27. The first-order valence-corrected chi connectivity index (χ1v) is 11.3. The van der Waals surface area contributed by atoms with E-state index in [4.69, 9.17) is 0 Å². The number of thioether (sulfide) groups is 1. The topological polar surface area (TPSA) is 42.3 Å². The molecular formula is C26H26N2O2S. The van der Waals surface area contributed by atoms with Crippen molar-refractivity contribution in [2.24, 2.45) is 0 Å². The van der Waals surface area contributed by atoms with Gasteiger partial charge in [0.05, 0.1) is 11.4 Å². The van der Waals surface area contributed by atoms with E-state index in [1.54, 1.807) is 0 Å². The number of nitrogens with zero attached hydrogens (tertiary/aromatic N) is 2. The molecule has 0 unspecified atom stereocenters. The Morgan fingerprint density at radius 3 is 2.39 bits per heavy atom. The third-order valence-corrected chi connectivity index (χ3v) is 6.57. The van der Waals surface area contributed by atoms with Crippen LogP contribution in [0.4, 0.5) is 4.79 Å². The molecule has 0 radical (unpaired) electrons. The van der Waals surface area contributed by atoms with Gasteiger partial charge in [-0.15, -0.1) is 0 Å². The van der Waals surface area contributed by atoms with Crippen molar-refractivity contribution in [3.8, 4) is 0 Å². The van der Waals surface area contributed by atoms with Crippen LogP contribution in [0.3, 0.4) is 0 Å². The van der Waals surface area contributed by atoms with Crippen molar-refractivity contribution in [1.29, 1.82) is 0 Å². The molecule has 2 amide bonds. The second-order valence-corrected chi connectivity index (χ2v) is 8.96. The van der Waals surface area contributed by atoms with Crippen LogP contribution in [-0.2, 0) is 24.3 Å². The summed E-state index contributed by atoms with van der Waals surface area (Å²) in [6, 6.07) is 20.4. The number of aryl methyl sites for hydroxylation is 3. The number of benzene rings is 2. The molecule has 158 valence electrons. The summed E-state index contributed by atoms with van der Waals surface area (Å²) in [5.74, 6) is -0.217. The molecule has 1 aliphatic rings. The first-order chi connectivity index (χ1) is 14.9. The summed E-state index contributed by atoms with van der Waals surface area (Å²) in [7, 11) is 0. The Bertz CT molecular complexity index is 1160. The van der Waals surface area contributed by atoms with Crippen LogP contribution in [-0.4, -0.2) is 20.6 Å². The zero-order valence-corrected chi connectivity index (χ0v) is 18.9. The molecule has 0 bridgehead atoms. The average molecular weight is 431 g/mol. The van der Waals surface area contributed by atoms with E-state index in [0.29, 0.717) is 11.4 Å². The molecular weight excluding hydrogens is 404 g/mol. The highest BCUT2D eigenvalue weighted by molar-refractivity contribution is 8.18. The van der Waals surface area contributed by atoms with Gasteiger partial charge in [0.25, 0.3) is 11.1 Å². The quantitative estimate of drug-likeness (QED) is 0.458. The summed E-state index contributed by atoms with van der Waals surface area (Å²) in [5, 5.41) is -0.212. The monoisotopic (exact) mass is 430 g/mol. The molecule has 3 aromatic rings. The number of carbonyl (C=O) groups is 2. The number of aromatic nitrogens is 1. The van der Waals surface area contributed by atoms with Gasteiger partial charge in [-0.3, -0.25) is 14.5 Å². The smallest absolute Gasteiger partial charge is 0.293 e. The summed E-state index contributed by atoms with van der Waals surface area (Å²) < 4.78 is 2.27. The number of imide groups is 1. The molecule has 2 heterocycles. The van der Waals surface area contributed by atoms with Gasteiger partial charge in [-0.05, 0) is 67.8 Å². The lowest BCUT2D eigenvalue weighted by atomic mass is 10.1. The third-order valence-electron chi connectivity index (χ3n) is 5.66. The molecule has 0 N–H and O–H groups in total. The average Bonchev–Trinajstić information content (AvgIpc) is 3.17. The van der Waals surface area contributed by atoms with Crippen LogP contribution in [0.25, 0.3) is 6.08 Å². The molecule has 1 aromatic heterocycles. The van der Waals surface area contributed by atoms with Crippen molar-refractivity contribution < 1.29 is 9.59 Å². The predicted molar refractivity (Wildman–Crippen MR) is 127 cm³/mol. The first-order valence-electron chi connectivity index (χ1n) is 10.4. The number of hydrogen-bond acceptors (Lipinski definition) is 3. The minimum Gasteiger partial charge on any atom is -0.348 e. The van der Waals surface area contributed by atoms with Gasteiger partial charge in [0, 0.05) is 17.9 Å². The molecule has 1 aliphatic heterocycles. The van der Waals surface area contributed by atoms with E-state index in [1.165, 1.54) is 10.5 Å². The van der Waals surface area contributed by atoms with Gasteiger partial charge >= 0.3 is 0 Å². The molecule has 0 spiro atoms. The Morgan fingerprint density at radius 1 is 0.903 bits per heavy atom. The van der Waals surface area contributed by atoms with E-state index < -0.39 is 0 Å². The molecule has 31 heavy (non-hydrogen) atoms. The van der Waals surface area contributed by atoms with Gasteiger partial charge in [-0.25, -0.2) is 0 Å². The molecule has 1 fully saturated rings. The van der Waals surface area contributed by atoms with Crippen molar-refractivity contribution in [2.45, 2.75) is 40.3 Å². The molecule has 0 aliphatic carbocycles. The predicted octanol–water partition coefficient (Wildman–Crippen LogP) is 5.89. The minimum absolute atomic E-state index is 0.212. The standard InChI is InChI=1S/C26H26N2O2S/c1-18-8-7-11-22(14-18)17-28-25(29)24(31-26(28)30)16-23-15-19(2)27(20(23)3)13-12-21-9-5-4-6-10-21/h4-11,14-16H,12-13,17H2,1-3H3/b24-16-. The number of amides is 2.